The Kier molecular flexibility index (Phi) is 2.78. The zero-order chi connectivity index (χ0) is 14.6. The highest BCUT2D eigenvalue weighted by molar-refractivity contribution is 5.94. The van der Waals surface area contributed by atoms with E-state index in [1.165, 1.54) is 25.3 Å². The second-order valence-corrected chi connectivity index (χ2v) is 7.55. The van der Waals surface area contributed by atoms with Gasteiger partial charge in [-0.25, -0.2) is 0 Å². The van der Waals surface area contributed by atoms with Gasteiger partial charge in [0.1, 0.15) is 5.56 Å². The molecular formula is C17H22N2O2. The van der Waals surface area contributed by atoms with Gasteiger partial charge in [-0.1, -0.05) is 0 Å². The van der Waals surface area contributed by atoms with E-state index in [0.29, 0.717) is 0 Å². The molecule has 1 aromatic heterocycles. The molecular weight excluding hydrogens is 264 g/mol. The number of nitrogens with one attached hydrogen (secondary N) is 2. The van der Waals surface area contributed by atoms with Gasteiger partial charge in [0.2, 0.25) is 0 Å². The fourth-order valence-corrected chi connectivity index (χ4v) is 5.32. The first-order valence-corrected chi connectivity index (χ1v) is 8.05. The summed E-state index contributed by atoms with van der Waals surface area (Å²) in [4.78, 5) is 27.5. The summed E-state index contributed by atoms with van der Waals surface area (Å²) in [6, 6.07) is 1.49. The van der Waals surface area contributed by atoms with Gasteiger partial charge < -0.3 is 10.3 Å². The van der Waals surface area contributed by atoms with E-state index in [9.17, 15) is 9.59 Å². The molecule has 112 valence electrons. The van der Waals surface area contributed by atoms with E-state index in [0.717, 1.165) is 42.7 Å². The molecule has 1 heterocycles. The molecule has 0 radical (unpaired) electrons. The fourth-order valence-electron chi connectivity index (χ4n) is 5.32. The van der Waals surface area contributed by atoms with Crippen molar-refractivity contribution in [3.05, 3.63) is 33.7 Å². The molecule has 1 amide bonds. The molecule has 1 aromatic rings. The van der Waals surface area contributed by atoms with E-state index in [4.69, 9.17) is 0 Å². The zero-order valence-electron chi connectivity index (χ0n) is 12.4. The Morgan fingerprint density at radius 1 is 1.19 bits per heavy atom. The minimum Gasteiger partial charge on any atom is -0.364 e. The maximum Gasteiger partial charge on any atom is 0.257 e. The van der Waals surface area contributed by atoms with Gasteiger partial charge >= 0.3 is 0 Å². The highest BCUT2D eigenvalue weighted by atomic mass is 16.2. The van der Waals surface area contributed by atoms with Crippen LogP contribution in [0.4, 0.5) is 0 Å². The molecule has 0 spiro atoms. The molecule has 0 unspecified atom stereocenters. The van der Waals surface area contributed by atoms with Crippen LogP contribution >= 0.6 is 0 Å². The van der Waals surface area contributed by atoms with Crippen LogP contribution in [-0.2, 0) is 0 Å². The van der Waals surface area contributed by atoms with E-state index >= 15 is 0 Å². The van der Waals surface area contributed by atoms with Crippen molar-refractivity contribution in [3.63, 3.8) is 0 Å². The number of carbonyl (C=O) groups excluding carboxylic acids is 1. The Hall–Kier alpha value is -1.58. The van der Waals surface area contributed by atoms with Crippen molar-refractivity contribution in [2.75, 3.05) is 0 Å². The second kappa shape index (κ2) is 4.46. The normalized spacial score (nSPS) is 36.7. The summed E-state index contributed by atoms with van der Waals surface area (Å²) in [5, 5.41) is 3.24. The van der Waals surface area contributed by atoms with Gasteiger partial charge in [-0.15, -0.1) is 0 Å². The van der Waals surface area contributed by atoms with Crippen molar-refractivity contribution in [1.82, 2.24) is 10.3 Å². The van der Waals surface area contributed by atoms with Crippen molar-refractivity contribution in [1.29, 1.82) is 0 Å². The molecule has 4 fully saturated rings. The lowest BCUT2D eigenvalue weighted by atomic mass is 9.53. The predicted octanol–water partition coefficient (Wildman–Crippen LogP) is 2.38. The minimum atomic E-state index is -0.196. The average Bonchev–Trinajstić information content (AvgIpc) is 2.35. The quantitative estimate of drug-likeness (QED) is 0.877. The van der Waals surface area contributed by atoms with Crippen LogP contribution in [0, 0.1) is 24.7 Å². The van der Waals surface area contributed by atoms with Crippen molar-refractivity contribution < 1.29 is 4.79 Å². The number of hydrogen-bond donors (Lipinski definition) is 2. The number of amides is 1. The van der Waals surface area contributed by atoms with Crippen LogP contribution in [-0.4, -0.2) is 16.4 Å². The van der Waals surface area contributed by atoms with Crippen LogP contribution in [0.15, 0.2) is 17.1 Å². The first-order valence-electron chi connectivity index (χ1n) is 8.05. The van der Waals surface area contributed by atoms with E-state index < -0.39 is 0 Å². The molecule has 4 bridgehead atoms. The molecule has 4 heteroatoms. The van der Waals surface area contributed by atoms with Crippen molar-refractivity contribution in [2.24, 2.45) is 17.8 Å². The highest BCUT2D eigenvalue weighted by Crippen LogP contribution is 2.55. The smallest absolute Gasteiger partial charge is 0.257 e. The summed E-state index contributed by atoms with van der Waals surface area (Å²) >= 11 is 0. The molecule has 0 aromatic carbocycles. The number of H-pyrrole nitrogens is 1. The number of aryl methyl sites for hydroxylation is 1. The number of rotatable bonds is 2. The standard InChI is InChI=1S/C17H22N2O2/c1-10-2-15(20)14(9-18-10)16(21)19-17-6-11-3-12(7-17)5-13(4-11)8-17/h2,9,11-13H,3-8H2,1H3,(H,18,20)(H,19,21). The van der Waals surface area contributed by atoms with Crippen LogP contribution in [0.25, 0.3) is 0 Å². The average molecular weight is 286 g/mol. The van der Waals surface area contributed by atoms with Gasteiger partial charge in [0.25, 0.3) is 5.91 Å². The van der Waals surface area contributed by atoms with E-state index in [1.54, 1.807) is 6.20 Å². The lowest BCUT2D eigenvalue weighted by molar-refractivity contribution is -0.0167. The van der Waals surface area contributed by atoms with E-state index in [2.05, 4.69) is 10.3 Å². The topological polar surface area (TPSA) is 62.0 Å². The van der Waals surface area contributed by atoms with Crippen LogP contribution < -0.4 is 10.7 Å². The Labute approximate surface area is 124 Å². The lowest BCUT2D eigenvalue weighted by Gasteiger charge is -2.56. The summed E-state index contributed by atoms with van der Waals surface area (Å²) < 4.78 is 0. The molecule has 4 nitrogen and oxygen atoms in total. The molecule has 0 atom stereocenters. The number of carbonyl (C=O) groups is 1. The Balaban J connectivity index is 1.58. The van der Waals surface area contributed by atoms with Gasteiger partial charge in [-0.3, -0.25) is 9.59 Å². The zero-order valence-corrected chi connectivity index (χ0v) is 12.4. The highest BCUT2D eigenvalue weighted by Gasteiger charge is 2.51. The van der Waals surface area contributed by atoms with Gasteiger partial charge in [-0.2, -0.15) is 0 Å². The van der Waals surface area contributed by atoms with Crippen molar-refractivity contribution in [3.8, 4) is 0 Å². The van der Waals surface area contributed by atoms with Gasteiger partial charge in [-0.05, 0) is 63.2 Å². The molecule has 21 heavy (non-hydrogen) atoms. The van der Waals surface area contributed by atoms with Crippen LogP contribution in [0.2, 0.25) is 0 Å². The summed E-state index contributed by atoms with van der Waals surface area (Å²) in [6.45, 7) is 1.82. The number of hydrogen-bond acceptors (Lipinski definition) is 2. The van der Waals surface area contributed by atoms with Crippen molar-refractivity contribution in [2.45, 2.75) is 51.0 Å². The Morgan fingerprint density at radius 3 is 2.29 bits per heavy atom. The monoisotopic (exact) mass is 286 g/mol. The third-order valence-corrected chi connectivity index (χ3v) is 5.72. The van der Waals surface area contributed by atoms with Gasteiger partial charge in [0.15, 0.2) is 5.43 Å². The summed E-state index contributed by atoms with van der Waals surface area (Å²) in [6.07, 6.45) is 8.91. The minimum absolute atomic E-state index is 0.0385. The molecule has 4 saturated carbocycles. The maximum atomic E-state index is 12.5. The van der Waals surface area contributed by atoms with E-state index in [1.807, 2.05) is 6.92 Å². The second-order valence-electron chi connectivity index (χ2n) is 7.55. The molecule has 4 aliphatic carbocycles. The largest absolute Gasteiger partial charge is 0.364 e. The summed E-state index contributed by atoms with van der Waals surface area (Å²) in [5.74, 6) is 2.16. The van der Waals surface area contributed by atoms with Crippen LogP contribution in [0.3, 0.4) is 0 Å². The molecule has 4 aliphatic rings. The summed E-state index contributed by atoms with van der Waals surface area (Å²) in [7, 11) is 0. The van der Waals surface area contributed by atoms with E-state index in [-0.39, 0.29) is 22.4 Å². The van der Waals surface area contributed by atoms with Gasteiger partial charge in [0, 0.05) is 23.5 Å². The van der Waals surface area contributed by atoms with Crippen LogP contribution in [0.5, 0.6) is 0 Å². The predicted molar refractivity (Wildman–Crippen MR) is 80.2 cm³/mol. The molecule has 0 saturated heterocycles. The first kappa shape index (κ1) is 13.1. The number of aromatic nitrogens is 1. The molecule has 2 N–H and O–H groups in total. The van der Waals surface area contributed by atoms with Crippen LogP contribution in [0.1, 0.15) is 54.6 Å². The molecule has 0 aliphatic heterocycles. The lowest BCUT2D eigenvalue weighted by Crippen LogP contribution is -2.60. The maximum absolute atomic E-state index is 12.5. The van der Waals surface area contributed by atoms with Crippen molar-refractivity contribution >= 4 is 5.91 Å². The Bertz CT molecular complexity index is 611. The third-order valence-electron chi connectivity index (χ3n) is 5.72. The first-order chi connectivity index (χ1) is 10.0. The number of aromatic amines is 1. The summed E-state index contributed by atoms with van der Waals surface area (Å²) in [5.41, 5.74) is 0.805. The number of pyridine rings is 1. The molecule has 5 rings (SSSR count). The SMILES string of the molecule is Cc1cc(=O)c(C(=O)NC23CC4CC(CC(C4)C2)C3)c[nH]1. The Morgan fingerprint density at radius 2 is 1.76 bits per heavy atom. The van der Waals surface area contributed by atoms with Gasteiger partial charge in [0.05, 0.1) is 0 Å². The third kappa shape index (κ3) is 2.21. The fraction of sp³-hybridized carbons (Fsp3) is 0.647.